The van der Waals surface area contributed by atoms with Crippen LogP contribution in [0, 0.1) is 0 Å². The number of hydrogen-bond donors (Lipinski definition) is 2. The van der Waals surface area contributed by atoms with Crippen molar-refractivity contribution < 1.29 is 33.4 Å². The largest absolute Gasteiger partial charge is 0.481 e. The van der Waals surface area contributed by atoms with Crippen LogP contribution < -0.4 is 0 Å². The van der Waals surface area contributed by atoms with Gasteiger partial charge in [0.05, 0.1) is 6.42 Å². The highest BCUT2D eigenvalue weighted by Gasteiger charge is 2.41. The average Bonchev–Trinajstić information content (AvgIpc) is 2.12. The lowest BCUT2D eigenvalue weighted by molar-refractivity contribution is -0.143. The summed E-state index contributed by atoms with van der Waals surface area (Å²) in [7, 11) is -1.88. The molecule has 0 spiro atoms. The zero-order valence-electron chi connectivity index (χ0n) is 7.67. The number of rotatable bonds is 6. The molecule has 0 aromatic heterocycles. The molecule has 0 aliphatic rings. The number of carboxylic acid groups (broad SMARTS) is 2. The maximum absolute atomic E-state index is 11.5. The third-order valence-corrected chi connectivity index (χ3v) is 3.73. The van der Waals surface area contributed by atoms with Crippen molar-refractivity contribution in [1.29, 1.82) is 0 Å². The molecule has 0 radical (unpaired) electrons. The van der Waals surface area contributed by atoms with Gasteiger partial charge in [-0.3, -0.25) is 14.2 Å². The van der Waals surface area contributed by atoms with Gasteiger partial charge in [-0.2, -0.15) is 0 Å². The van der Waals surface area contributed by atoms with Gasteiger partial charge < -0.3 is 19.3 Å². The minimum absolute atomic E-state index is 0.811. The van der Waals surface area contributed by atoms with Gasteiger partial charge in [0.1, 0.15) is 0 Å². The minimum atomic E-state index is -3.88. The normalized spacial score (nSPS) is 13.6. The SMILES string of the molecule is COP(=O)(OC)C(CC(=O)O)C(=O)O. The zero-order valence-corrected chi connectivity index (χ0v) is 8.56. The van der Waals surface area contributed by atoms with Crippen molar-refractivity contribution >= 4 is 19.5 Å². The number of hydrogen-bond acceptors (Lipinski definition) is 5. The first-order chi connectivity index (χ1) is 6.37. The molecular weight excluding hydrogens is 215 g/mol. The molecule has 0 fully saturated rings. The van der Waals surface area contributed by atoms with E-state index in [0.29, 0.717) is 0 Å². The van der Waals surface area contributed by atoms with Gasteiger partial charge in [0, 0.05) is 14.2 Å². The van der Waals surface area contributed by atoms with Gasteiger partial charge in [-0.05, 0) is 0 Å². The molecule has 0 amide bonds. The summed E-state index contributed by atoms with van der Waals surface area (Å²) < 4.78 is 20.3. The lowest BCUT2D eigenvalue weighted by Gasteiger charge is -2.19. The summed E-state index contributed by atoms with van der Waals surface area (Å²) in [5.41, 5.74) is -1.69. The molecule has 0 aliphatic heterocycles. The van der Waals surface area contributed by atoms with Crippen molar-refractivity contribution in [3.63, 3.8) is 0 Å². The Labute approximate surface area is 80.2 Å². The highest BCUT2D eigenvalue weighted by atomic mass is 31.2. The van der Waals surface area contributed by atoms with Gasteiger partial charge in [-0.1, -0.05) is 0 Å². The first-order valence-electron chi connectivity index (χ1n) is 3.53. The fraction of sp³-hybridized carbons (Fsp3) is 0.667. The van der Waals surface area contributed by atoms with Crippen molar-refractivity contribution in [3.8, 4) is 0 Å². The molecule has 0 aromatic carbocycles. The van der Waals surface area contributed by atoms with E-state index in [1.54, 1.807) is 0 Å². The molecule has 0 bridgehead atoms. The Balaban J connectivity index is 4.89. The van der Waals surface area contributed by atoms with E-state index < -0.39 is 31.6 Å². The van der Waals surface area contributed by atoms with Crippen LogP contribution in [0.5, 0.6) is 0 Å². The lowest BCUT2D eigenvalue weighted by Crippen LogP contribution is -2.25. The van der Waals surface area contributed by atoms with E-state index in [1.807, 2.05) is 0 Å². The average molecular weight is 226 g/mol. The molecule has 0 aliphatic carbocycles. The fourth-order valence-corrected chi connectivity index (χ4v) is 2.14. The molecule has 0 saturated carbocycles. The second kappa shape index (κ2) is 5.09. The summed E-state index contributed by atoms with van der Waals surface area (Å²) in [6.45, 7) is 0. The Morgan fingerprint density at radius 3 is 1.93 bits per heavy atom. The van der Waals surface area contributed by atoms with E-state index >= 15 is 0 Å². The Morgan fingerprint density at radius 2 is 1.71 bits per heavy atom. The Bertz CT molecular complexity index is 265. The predicted octanol–water partition coefficient (Wildman–Crippen LogP) is 0.400. The number of carbonyl (C=O) groups is 2. The molecule has 2 N–H and O–H groups in total. The topological polar surface area (TPSA) is 110 Å². The van der Waals surface area contributed by atoms with Crippen molar-refractivity contribution in [2.75, 3.05) is 14.2 Å². The maximum atomic E-state index is 11.5. The first kappa shape index (κ1) is 13.1. The third-order valence-electron chi connectivity index (χ3n) is 1.54. The van der Waals surface area contributed by atoms with Gasteiger partial charge in [0.2, 0.25) is 0 Å². The van der Waals surface area contributed by atoms with Crippen molar-refractivity contribution in [2.45, 2.75) is 12.1 Å². The standard InChI is InChI=1S/C6H11O7P/c1-12-14(11,13-2)4(6(9)10)3-5(7)8/h4H,3H2,1-2H3,(H,7,8)(H,9,10). The number of carboxylic acids is 2. The van der Waals surface area contributed by atoms with Crippen molar-refractivity contribution in [3.05, 3.63) is 0 Å². The molecule has 1 unspecified atom stereocenters. The molecule has 0 rings (SSSR count). The first-order valence-corrected chi connectivity index (χ1v) is 5.14. The summed E-state index contributed by atoms with van der Waals surface area (Å²) >= 11 is 0. The van der Waals surface area contributed by atoms with Crippen LogP contribution in [0.15, 0.2) is 0 Å². The van der Waals surface area contributed by atoms with E-state index in [2.05, 4.69) is 9.05 Å². The highest BCUT2D eigenvalue weighted by Crippen LogP contribution is 2.52. The molecular formula is C6H11O7P. The van der Waals surface area contributed by atoms with Gasteiger partial charge in [0.25, 0.3) is 0 Å². The molecule has 7 nitrogen and oxygen atoms in total. The third kappa shape index (κ3) is 3.10. The smallest absolute Gasteiger partial charge is 0.344 e. The van der Waals surface area contributed by atoms with Crippen molar-refractivity contribution in [1.82, 2.24) is 0 Å². The summed E-state index contributed by atoms with van der Waals surface area (Å²) in [5, 5.41) is 17.0. The molecule has 0 saturated heterocycles. The Morgan fingerprint density at radius 1 is 1.29 bits per heavy atom. The van der Waals surface area contributed by atoms with Gasteiger partial charge >= 0.3 is 19.5 Å². The highest BCUT2D eigenvalue weighted by molar-refractivity contribution is 7.55. The van der Waals surface area contributed by atoms with Gasteiger partial charge in [-0.25, -0.2) is 0 Å². The minimum Gasteiger partial charge on any atom is -0.481 e. The van der Waals surface area contributed by atoms with Crippen LogP contribution >= 0.6 is 7.60 Å². The van der Waals surface area contributed by atoms with Crippen LogP contribution in [0.3, 0.4) is 0 Å². The summed E-state index contributed by atoms with van der Waals surface area (Å²) in [5.74, 6) is -2.91. The lowest BCUT2D eigenvalue weighted by atomic mass is 10.3. The summed E-state index contributed by atoms with van der Waals surface area (Å²) in [6.07, 6.45) is -0.811. The Hall–Kier alpha value is -0.910. The fourth-order valence-electron chi connectivity index (χ4n) is 0.829. The summed E-state index contributed by atoms with van der Waals surface area (Å²) in [6, 6.07) is 0. The molecule has 0 heterocycles. The van der Waals surface area contributed by atoms with Crippen LogP contribution in [0.1, 0.15) is 6.42 Å². The zero-order chi connectivity index (χ0) is 11.4. The number of aliphatic carboxylic acids is 2. The molecule has 1 atom stereocenters. The second-order valence-electron chi connectivity index (χ2n) is 2.36. The van der Waals surface area contributed by atoms with Crippen LogP contribution in [0.25, 0.3) is 0 Å². The van der Waals surface area contributed by atoms with Crippen LogP contribution in [-0.4, -0.2) is 42.0 Å². The van der Waals surface area contributed by atoms with Crippen LogP contribution in [0.4, 0.5) is 0 Å². The molecule has 14 heavy (non-hydrogen) atoms. The van der Waals surface area contributed by atoms with Crippen LogP contribution in [-0.2, 0) is 23.2 Å². The van der Waals surface area contributed by atoms with Crippen LogP contribution in [0.2, 0.25) is 0 Å². The molecule has 82 valence electrons. The van der Waals surface area contributed by atoms with Crippen molar-refractivity contribution in [2.24, 2.45) is 0 Å². The van der Waals surface area contributed by atoms with E-state index in [4.69, 9.17) is 10.2 Å². The second-order valence-corrected chi connectivity index (χ2v) is 4.79. The maximum Gasteiger partial charge on any atom is 0.344 e. The van der Waals surface area contributed by atoms with E-state index in [0.717, 1.165) is 14.2 Å². The van der Waals surface area contributed by atoms with E-state index in [1.165, 1.54) is 0 Å². The monoisotopic (exact) mass is 226 g/mol. The summed E-state index contributed by atoms with van der Waals surface area (Å²) in [4.78, 5) is 20.9. The van der Waals surface area contributed by atoms with Gasteiger partial charge in [0.15, 0.2) is 5.66 Å². The molecule has 8 heteroatoms. The van der Waals surface area contributed by atoms with Gasteiger partial charge in [-0.15, -0.1) is 0 Å². The molecule has 0 aromatic rings. The van der Waals surface area contributed by atoms with E-state index in [9.17, 15) is 14.2 Å². The van der Waals surface area contributed by atoms with E-state index in [-0.39, 0.29) is 0 Å². The quantitative estimate of drug-likeness (QED) is 0.630. The Kier molecular flexibility index (Phi) is 4.76. The predicted molar refractivity (Wildman–Crippen MR) is 45.3 cm³/mol.